The summed E-state index contributed by atoms with van der Waals surface area (Å²) >= 11 is 0. The van der Waals surface area contributed by atoms with E-state index in [1.807, 2.05) is 6.20 Å². The molecule has 1 saturated carbocycles. The van der Waals surface area contributed by atoms with Crippen LogP contribution in [0.25, 0.3) is 55.2 Å². The van der Waals surface area contributed by atoms with Crippen molar-refractivity contribution in [2.45, 2.75) is 44.9 Å². The Balaban J connectivity index is 1.37. The Hall–Kier alpha value is -3.98. The van der Waals surface area contributed by atoms with Crippen LogP contribution < -0.4 is 4.57 Å². The van der Waals surface area contributed by atoms with Crippen LogP contribution in [0, 0.1) is 6.92 Å². The molecule has 182 valence electrons. The molecular formula is C34H31N2O+. The molecule has 0 radical (unpaired) electrons. The molecule has 1 fully saturated rings. The summed E-state index contributed by atoms with van der Waals surface area (Å²) in [6, 6.07) is 25.6. The maximum Gasteiger partial charge on any atom is 0.217 e. The molecule has 3 heteroatoms. The Kier molecular flexibility index (Phi) is 5.05. The maximum absolute atomic E-state index is 8.95. The summed E-state index contributed by atoms with van der Waals surface area (Å²) in [4.78, 5) is 4.83. The molecular weight excluding hydrogens is 452 g/mol. The predicted molar refractivity (Wildman–Crippen MR) is 152 cm³/mol. The normalized spacial score (nSPS) is 15.9. The first-order valence-electron chi connectivity index (χ1n) is 13.8. The summed E-state index contributed by atoms with van der Waals surface area (Å²) in [7, 11) is 2.08. The number of hydrogen-bond donors (Lipinski definition) is 0. The zero-order valence-corrected chi connectivity index (χ0v) is 21.4. The number of furan rings is 1. The highest BCUT2D eigenvalue weighted by atomic mass is 16.3. The highest BCUT2D eigenvalue weighted by molar-refractivity contribution is 6.20. The summed E-state index contributed by atoms with van der Waals surface area (Å²) in [5, 5.41) is 4.74. The van der Waals surface area contributed by atoms with Gasteiger partial charge in [-0.1, -0.05) is 67.8 Å². The van der Waals surface area contributed by atoms with Crippen LogP contribution in [0.1, 0.15) is 50.5 Å². The van der Waals surface area contributed by atoms with Crippen LogP contribution in [-0.2, 0) is 7.05 Å². The minimum atomic E-state index is -0.490. The average Bonchev–Trinajstić information content (AvgIpc) is 3.33. The smallest absolute Gasteiger partial charge is 0.217 e. The molecule has 0 N–H and O–H groups in total. The van der Waals surface area contributed by atoms with Gasteiger partial charge < -0.3 is 4.42 Å². The Morgan fingerprint density at radius 2 is 1.78 bits per heavy atom. The lowest BCUT2D eigenvalue weighted by Crippen LogP contribution is -2.30. The zero-order chi connectivity index (χ0) is 25.9. The second-order valence-electron chi connectivity index (χ2n) is 10.4. The van der Waals surface area contributed by atoms with Gasteiger partial charge in [-0.2, -0.15) is 0 Å². The summed E-state index contributed by atoms with van der Waals surface area (Å²) < 4.78 is 17.7. The Morgan fingerprint density at radius 3 is 2.62 bits per heavy atom. The zero-order valence-electron chi connectivity index (χ0n) is 22.4. The summed E-state index contributed by atoms with van der Waals surface area (Å²) in [6.45, 7) is 2.15. The fraction of sp³-hybridized carbons (Fsp3) is 0.235. The lowest BCUT2D eigenvalue weighted by Gasteiger charge is -2.21. The van der Waals surface area contributed by atoms with Crippen LogP contribution in [0.15, 0.2) is 89.6 Å². The van der Waals surface area contributed by atoms with E-state index in [0.29, 0.717) is 0 Å². The van der Waals surface area contributed by atoms with Gasteiger partial charge in [-0.15, -0.1) is 0 Å². The van der Waals surface area contributed by atoms with Crippen molar-refractivity contribution >= 4 is 32.7 Å². The van der Waals surface area contributed by atoms with Crippen molar-refractivity contribution in [3.8, 4) is 22.5 Å². The van der Waals surface area contributed by atoms with Crippen molar-refractivity contribution in [3.63, 3.8) is 0 Å². The molecule has 3 heterocycles. The molecule has 1 aliphatic rings. The van der Waals surface area contributed by atoms with Gasteiger partial charge in [0.1, 0.15) is 18.2 Å². The Bertz CT molecular complexity index is 1830. The number of fused-ring (bicyclic) bond motifs is 5. The first-order valence-corrected chi connectivity index (χ1v) is 13.3. The van der Waals surface area contributed by atoms with Gasteiger partial charge in [0.15, 0.2) is 6.20 Å². The second kappa shape index (κ2) is 8.85. The van der Waals surface area contributed by atoms with E-state index < -0.39 is 5.89 Å². The van der Waals surface area contributed by atoms with E-state index >= 15 is 0 Å². The third-order valence-corrected chi connectivity index (χ3v) is 8.07. The first kappa shape index (κ1) is 21.1. The van der Waals surface area contributed by atoms with E-state index in [9.17, 15) is 0 Å². The third kappa shape index (κ3) is 3.72. The molecule has 0 amide bonds. The van der Waals surface area contributed by atoms with Gasteiger partial charge in [0.05, 0.1) is 11.3 Å². The largest absolute Gasteiger partial charge is 0.455 e. The number of aryl methyl sites for hydroxylation is 2. The molecule has 0 unspecified atom stereocenters. The van der Waals surface area contributed by atoms with E-state index in [1.54, 1.807) is 0 Å². The number of benzene rings is 3. The summed E-state index contributed by atoms with van der Waals surface area (Å²) in [5.74, 6) is -0.490. The van der Waals surface area contributed by atoms with Crippen molar-refractivity contribution in [1.29, 1.82) is 0 Å². The topological polar surface area (TPSA) is 29.9 Å². The third-order valence-electron chi connectivity index (χ3n) is 8.07. The number of hydrogen-bond acceptors (Lipinski definition) is 2. The van der Waals surface area contributed by atoms with Crippen molar-refractivity contribution in [1.82, 2.24) is 4.98 Å². The van der Waals surface area contributed by atoms with Crippen molar-refractivity contribution in [2.75, 3.05) is 0 Å². The molecule has 7 rings (SSSR count). The fourth-order valence-corrected chi connectivity index (χ4v) is 6.05. The molecule has 3 aromatic heterocycles. The van der Waals surface area contributed by atoms with Gasteiger partial charge in [-0.05, 0) is 59.7 Å². The predicted octanol–water partition coefficient (Wildman–Crippen LogP) is 8.65. The highest BCUT2D eigenvalue weighted by Gasteiger charge is 2.23. The van der Waals surface area contributed by atoms with Gasteiger partial charge in [-0.25, -0.2) is 4.57 Å². The lowest BCUT2D eigenvalue weighted by atomic mass is 9.85. The quantitative estimate of drug-likeness (QED) is 0.235. The average molecular weight is 485 g/mol. The highest BCUT2D eigenvalue weighted by Crippen LogP contribution is 2.40. The first-order chi connectivity index (χ1) is 18.5. The van der Waals surface area contributed by atoms with E-state index in [1.165, 1.54) is 28.1 Å². The number of pyridine rings is 2. The SMILES string of the molecule is [2H]C1(c2ccc(-c3cc[n+](C)c(-c4c(C)ccc5c4oc4ccc6ccccc6c45)c3)nc2)CCCCC1. The van der Waals surface area contributed by atoms with Gasteiger partial charge in [-0.3, -0.25) is 4.98 Å². The molecule has 0 bridgehead atoms. The van der Waals surface area contributed by atoms with Gasteiger partial charge in [0.25, 0.3) is 0 Å². The second-order valence-corrected chi connectivity index (χ2v) is 10.4. The van der Waals surface area contributed by atoms with E-state index in [2.05, 4.69) is 97.5 Å². The van der Waals surface area contributed by atoms with Crippen LogP contribution in [0.5, 0.6) is 0 Å². The minimum absolute atomic E-state index is 0.490. The van der Waals surface area contributed by atoms with Crippen LogP contribution in [-0.4, -0.2) is 4.98 Å². The lowest BCUT2D eigenvalue weighted by molar-refractivity contribution is -0.660. The molecule has 0 aliphatic heterocycles. The summed E-state index contributed by atoms with van der Waals surface area (Å²) in [5.41, 5.74) is 8.22. The molecule has 3 nitrogen and oxygen atoms in total. The number of rotatable bonds is 3. The van der Waals surface area contributed by atoms with E-state index in [-0.39, 0.29) is 0 Å². The fourth-order valence-electron chi connectivity index (χ4n) is 6.05. The van der Waals surface area contributed by atoms with Crippen molar-refractivity contribution in [2.24, 2.45) is 7.05 Å². The molecule has 0 saturated heterocycles. The Morgan fingerprint density at radius 1 is 0.919 bits per heavy atom. The summed E-state index contributed by atoms with van der Waals surface area (Å²) in [6.07, 6.45) is 9.38. The molecule has 1 aliphatic carbocycles. The van der Waals surface area contributed by atoms with Crippen LogP contribution in [0.3, 0.4) is 0 Å². The van der Waals surface area contributed by atoms with Crippen LogP contribution in [0.4, 0.5) is 0 Å². The molecule has 37 heavy (non-hydrogen) atoms. The van der Waals surface area contributed by atoms with E-state index in [0.717, 1.165) is 70.3 Å². The van der Waals surface area contributed by atoms with Crippen LogP contribution >= 0.6 is 0 Å². The monoisotopic (exact) mass is 484 g/mol. The van der Waals surface area contributed by atoms with Gasteiger partial charge >= 0.3 is 0 Å². The number of aromatic nitrogens is 2. The molecule has 0 atom stereocenters. The van der Waals surface area contributed by atoms with Crippen molar-refractivity contribution < 1.29 is 10.4 Å². The van der Waals surface area contributed by atoms with E-state index in [4.69, 9.17) is 10.8 Å². The Labute approximate surface area is 218 Å². The van der Waals surface area contributed by atoms with Gasteiger partial charge in [0, 0.05) is 36.0 Å². The molecule has 6 aromatic rings. The number of nitrogens with zero attached hydrogens (tertiary/aromatic N) is 2. The standard InChI is InChI=1S/C34H31N2O/c1-22-12-15-28-33-27-11-7-6-10-24(27)14-17-31(33)37-34(28)32(22)30-20-25(18-19-36(30)2)29-16-13-26(21-35-29)23-8-4-3-5-9-23/h6-7,10-21,23H,3-5,8-9H2,1-2H3/q+1/i23D. The van der Waals surface area contributed by atoms with Crippen LogP contribution in [0.2, 0.25) is 0 Å². The minimum Gasteiger partial charge on any atom is -0.455 e. The molecule has 0 spiro atoms. The molecule has 3 aromatic carbocycles. The van der Waals surface area contributed by atoms with Gasteiger partial charge in [0.2, 0.25) is 5.69 Å². The van der Waals surface area contributed by atoms with Crippen molar-refractivity contribution in [3.05, 3.63) is 96.3 Å². The maximum atomic E-state index is 8.95.